The van der Waals surface area contributed by atoms with E-state index in [0.717, 1.165) is 0 Å². The first-order valence-corrected chi connectivity index (χ1v) is 30.2. The molecule has 0 aliphatic carbocycles. The number of guanidine groups is 2. The van der Waals surface area contributed by atoms with Crippen LogP contribution in [0.5, 0.6) is 0 Å². The molecule has 0 saturated carbocycles. The molecule has 36 heteroatoms. The molecule has 91 heavy (non-hydrogen) atoms. The lowest BCUT2D eigenvalue weighted by atomic mass is 10.0. The number of aromatic nitrogens is 2. The summed E-state index contributed by atoms with van der Waals surface area (Å²) < 4.78 is 0. The van der Waals surface area contributed by atoms with Gasteiger partial charge in [-0.05, 0) is 109 Å². The zero-order chi connectivity index (χ0) is 68.4. The number of H-pyrrole nitrogens is 1. The number of carboxylic acid groups (broad SMARTS) is 1. The minimum Gasteiger partial charge on any atom is -0.480 e. The highest BCUT2D eigenvalue weighted by molar-refractivity contribution is 5.98. The second kappa shape index (κ2) is 45.1. The van der Waals surface area contributed by atoms with E-state index in [1.165, 1.54) is 33.3 Å². The fourth-order valence-electron chi connectivity index (χ4n) is 8.57. The molecule has 0 unspecified atom stereocenters. The SMILES string of the molecule is CC(=O)NCCCC[C@H](NC(=O)CNC(=O)[C@@H](N)CC(C)C)C(=O)NCC(=O)NCC(=O)N[C@@H](C)C(=O)N[C@@H](CCCCNC(C)=O)C(=O)N[C@@H](CCCN=C(N)N)C(=O)N[C@@H](Cc1cnc[nH]1)C(=O)N[C@@H](CCCN=C(N)N)C(=O)N[C@@H](CCCCN)C(=O)O. The predicted molar refractivity (Wildman–Crippen MR) is 333 cm³/mol. The van der Waals surface area contributed by atoms with Crippen molar-refractivity contribution >= 4 is 88.8 Å². The molecular weight excluding hydrogens is 1190 g/mol. The van der Waals surface area contributed by atoms with Crippen LogP contribution in [0.1, 0.15) is 130 Å². The number of carbonyl (C=O) groups excluding carboxylic acids is 12. The molecule has 0 saturated heterocycles. The number of hydrogen-bond acceptors (Lipinski definition) is 18. The lowest BCUT2D eigenvalue weighted by Gasteiger charge is -2.27. The second-order valence-corrected chi connectivity index (χ2v) is 21.9. The van der Waals surface area contributed by atoms with Crippen molar-refractivity contribution in [3.63, 3.8) is 0 Å². The van der Waals surface area contributed by atoms with Crippen molar-refractivity contribution in [2.45, 2.75) is 179 Å². The highest BCUT2D eigenvalue weighted by Gasteiger charge is 2.34. The van der Waals surface area contributed by atoms with E-state index in [0.29, 0.717) is 50.8 Å². The van der Waals surface area contributed by atoms with Gasteiger partial charge in [-0.3, -0.25) is 67.5 Å². The van der Waals surface area contributed by atoms with Crippen molar-refractivity contribution < 1.29 is 67.4 Å². The van der Waals surface area contributed by atoms with Gasteiger partial charge in [-0.15, -0.1) is 0 Å². The molecule has 512 valence electrons. The molecule has 12 amide bonds. The van der Waals surface area contributed by atoms with Crippen LogP contribution in [0.3, 0.4) is 0 Å². The molecule has 1 heterocycles. The molecule has 0 spiro atoms. The number of nitrogens with one attached hydrogen (secondary N) is 13. The summed E-state index contributed by atoms with van der Waals surface area (Å²) in [5.74, 6) is -10.5. The van der Waals surface area contributed by atoms with Crippen LogP contribution in [-0.2, 0) is 68.7 Å². The Morgan fingerprint density at radius 3 is 1.38 bits per heavy atom. The summed E-state index contributed by atoms with van der Waals surface area (Å²) in [5.41, 5.74) is 33.9. The highest BCUT2D eigenvalue weighted by atomic mass is 16.4. The van der Waals surface area contributed by atoms with E-state index in [2.05, 4.69) is 83.8 Å². The number of amides is 12. The van der Waals surface area contributed by atoms with Crippen LogP contribution in [0, 0.1) is 5.92 Å². The van der Waals surface area contributed by atoms with Gasteiger partial charge in [0.05, 0.1) is 32.0 Å². The molecule has 0 bridgehead atoms. The first-order valence-electron chi connectivity index (χ1n) is 30.2. The van der Waals surface area contributed by atoms with Crippen molar-refractivity contribution in [3.8, 4) is 0 Å². The number of nitrogens with two attached hydrogens (primary N) is 6. The summed E-state index contributed by atoms with van der Waals surface area (Å²) in [4.78, 5) is 185. The van der Waals surface area contributed by atoms with E-state index in [1.54, 1.807) is 0 Å². The average molecular weight is 1290 g/mol. The number of unbranched alkanes of at least 4 members (excludes halogenated alkanes) is 3. The van der Waals surface area contributed by atoms with Gasteiger partial charge in [-0.1, -0.05) is 13.8 Å². The Morgan fingerprint density at radius 2 is 0.912 bits per heavy atom. The van der Waals surface area contributed by atoms with Gasteiger partial charge >= 0.3 is 5.97 Å². The molecule has 1 rings (SSSR count). The topological polar surface area (TPSA) is 596 Å². The molecule has 0 aromatic carbocycles. The van der Waals surface area contributed by atoms with Crippen LogP contribution < -0.4 is 98.2 Å². The first kappa shape index (κ1) is 79.8. The third kappa shape index (κ3) is 37.4. The number of aliphatic imine (C=N–C) groups is 2. The molecule has 26 N–H and O–H groups in total. The number of imidazole rings is 1. The summed E-state index contributed by atoms with van der Waals surface area (Å²) in [6, 6.07) is -10.4. The summed E-state index contributed by atoms with van der Waals surface area (Å²) in [7, 11) is 0. The second-order valence-electron chi connectivity index (χ2n) is 21.9. The maximum atomic E-state index is 14.5. The van der Waals surface area contributed by atoms with Crippen LogP contribution >= 0.6 is 0 Å². The minimum atomic E-state index is -1.49. The number of nitrogens with zero attached hydrogens (tertiary/aromatic N) is 3. The number of carboxylic acids is 1. The van der Waals surface area contributed by atoms with E-state index < -0.39 is 133 Å². The summed E-state index contributed by atoms with van der Waals surface area (Å²) in [6.07, 6.45) is 5.08. The number of aromatic amines is 1. The minimum absolute atomic E-state index is 0.0164. The van der Waals surface area contributed by atoms with E-state index in [-0.39, 0.29) is 114 Å². The third-order valence-electron chi connectivity index (χ3n) is 13.3. The van der Waals surface area contributed by atoms with Crippen molar-refractivity contribution in [3.05, 3.63) is 18.2 Å². The molecule has 1 aromatic rings. The lowest BCUT2D eigenvalue weighted by molar-refractivity contribution is -0.142. The van der Waals surface area contributed by atoms with Gasteiger partial charge in [0.2, 0.25) is 70.9 Å². The number of carbonyl (C=O) groups is 13. The standard InChI is InChI=1S/C55H98N22O14/c1-31(2)24-36(57)47(84)68-29-45(82)72-37(14-7-10-20-63-33(4)78)48(85)69-27-43(80)67-28-44(81)71-32(3)46(83)73-38(15-8-11-21-64-34(5)79)49(86)74-40(18-13-23-66-55(60)61)51(88)77-42(25-35-26-62-30-70-35)52(89)75-39(17-12-22-65-54(58)59)50(87)76-41(53(90)91)16-6-9-19-56/h26,30-32,36-42H,6-25,27-29,56-57H2,1-5H3,(H,62,70)(H,63,78)(H,64,79)(H,67,80)(H,68,84)(H,69,85)(H,71,81)(H,72,82)(H,73,83)(H,74,86)(H,75,89)(H,76,87)(H,77,88)(H,90,91)(H4,58,59,65)(H4,60,61,66)/t32-,36-,37-,38-,39-,40-,41-,42-/m0/s1. The fraction of sp³-hybridized carbons (Fsp3) is 0.673. The first-order chi connectivity index (χ1) is 43.0. The van der Waals surface area contributed by atoms with Gasteiger partial charge < -0.3 is 108 Å². The third-order valence-corrected chi connectivity index (χ3v) is 13.3. The Kier molecular flexibility index (Phi) is 39.5. The van der Waals surface area contributed by atoms with Crippen LogP contribution in [0.4, 0.5) is 0 Å². The van der Waals surface area contributed by atoms with Crippen LogP contribution in [0.2, 0.25) is 0 Å². The zero-order valence-electron chi connectivity index (χ0n) is 52.7. The van der Waals surface area contributed by atoms with Gasteiger partial charge in [0, 0.05) is 58.3 Å². The van der Waals surface area contributed by atoms with E-state index >= 15 is 0 Å². The van der Waals surface area contributed by atoms with Gasteiger partial charge in [0.15, 0.2) is 11.9 Å². The normalized spacial score (nSPS) is 13.5. The Labute approximate surface area is 528 Å². The van der Waals surface area contributed by atoms with Crippen molar-refractivity contribution in [2.75, 3.05) is 52.4 Å². The van der Waals surface area contributed by atoms with Crippen molar-refractivity contribution in [1.29, 1.82) is 0 Å². The smallest absolute Gasteiger partial charge is 0.326 e. The van der Waals surface area contributed by atoms with Crippen LogP contribution in [-0.4, -0.2) is 205 Å². The molecule has 0 aliphatic heterocycles. The van der Waals surface area contributed by atoms with E-state index in [9.17, 15) is 67.4 Å². The van der Waals surface area contributed by atoms with Gasteiger partial charge in [-0.2, -0.15) is 0 Å². The van der Waals surface area contributed by atoms with Crippen molar-refractivity contribution in [2.24, 2.45) is 50.3 Å². The largest absolute Gasteiger partial charge is 0.480 e. The Morgan fingerprint density at radius 1 is 0.495 bits per heavy atom. The Bertz CT molecular complexity index is 2580. The predicted octanol–water partition coefficient (Wildman–Crippen LogP) is -6.98. The maximum Gasteiger partial charge on any atom is 0.326 e. The van der Waals surface area contributed by atoms with E-state index in [1.807, 2.05) is 13.8 Å². The van der Waals surface area contributed by atoms with Gasteiger partial charge in [-0.25, -0.2) is 9.78 Å². The number of aliphatic carboxylic acids is 1. The zero-order valence-corrected chi connectivity index (χ0v) is 52.7. The molecule has 0 radical (unpaired) electrons. The molecule has 8 atom stereocenters. The summed E-state index contributed by atoms with van der Waals surface area (Å²) in [5, 5.41) is 40.2. The Hall–Kier alpha value is -9.22. The lowest BCUT2D eigenvalue weighted by Crippen LogP contribution is -2.60. The van der Waals surface area contributed by atoms with Crippen LogP contribution in [0.15, 0.2) is 22.5 Å². The van der Waals surface area contributed by atoms with Gasteiger partial charge in [0.25, 0.3) is 0 Å². The molecule has 0 fully saturated rings. The maximum absolute atomic E-state index is 14.5. The number of hydrogen-bond donors (Lipinski definition) is 20. The molecular formula is C55H98N22O14. The van der Waals surface area contributed by atoms with Crippen LogP contribution in [0.25, 0.3) is 0 Å². The highest BCUT2D eigenvalue weighted by Crippen LogP contribution is 2.11. The monoisotopic (exact) mass is 1290 g/mol. The fourth-order valence-corrected chi connectivity index (χ4v) is 8.57. The molecule has 36 nitrogen and oxygen atoms in total. The quantitative estimate of drug-likeness (QED) is 0.0164. The summed E-state index contributed by atoms with van der Waals surface area (Å²) in [6.45, 7) is 6.67. The van der Waals surface area contributed by atoms with Gasteiger partial charge in [0.1, 0.15) is 42.3 Å². The average Bonchev–Trinajstić information content (AvgIpc) is 4.05. The number of rotatable bonds is 47. The van der Waals surface area contributed by atoms with Crippen molar-refractivity contribution in [1.82, 2.24) is 73.8 Å². The van der Waals surface area contributed by atoms with E-state index in [4.69, 9.17) is 34.4 Å². The molecule has 0 aliphatic rings. The molecule has 1 aromatic heterocycles. The summed E-state index contributed by atoms with van der Waals surface area (Å²) >= 11 is 0. The Balaban J connectivity index is 3.36.